The van der Waals surface area contributed by atoms with Crippen LogP contribution in [0.1, 0.15) is 5.56 Å². The van der Waals surface area contributed by atoms with Gasteiger partial charge in [0.05, 0.1) is 34.5 Å². The lowest BCUT2D eigenvalue weighted by atomic mass is 10.1. The lowest BCUT2D eigenvalue weighted by Crippen LogP contribution is -2.48. The molecule has 1 heterocycles. The second-order valence-electron chi connectivity index (χ2n) is 7.21. The summed E-state index contributed by atoms with van der Waals surface area (Å²) in [5.41, 5.74) is -0.925. The number of carbonyl (C=O) groups is 1. The number of nitrogens with zero attached hydrogens (tertiary/aromatic N) is 4. The maximum atomic E-state index is 12.9. The Bertz CT molecular complexity index is 1070. The number of benzene rings is 2. The second kappa shape index (κ2) is 10.5. The summed E-state index contributed by atoms with van der Waals surface area (Å²) in [6, 6.07) is 11.7. The molecule has 12 heteroatoms. The zero-order valence-electron chi connectivity index (χ0n) is 17.3. The predicted octanol–water partition coefficient (Wildman–Crippen LogP) is 3.99. The summed E-state index contributed by atoms with van der Waals surface area (Å²) < 4.78 is 38.8. The summed E-state index contributed by atoms with van der Waals surface area (Å²) in [7, 11) is 0. The standard InChI is InChI=1S/C21H20F3N5O3S/c22-21(23,24)15-5-6-17(18(13-15)29(31)32)28-10-8-27(9-11-28)14-20(30)26-16-3-1-2-4-19(16)33-12-7-25/h1-6,13H,8-12,14H2,(H,26,30). The van der Waals surface area contributed by atoms with Gasteiger partial charge in [-0.2, -0.15) is 18.4 Å². The third kappa shape index (κ3) is 6.36. The highest BCUT2D eigenvalue weighted by molar-refractivity contribution is 7.99. The van der Waals surface area contributed by atoms with Gasteiger partial charge in [0.2, 0.25) is 5.91 Å². The predicted molar refractivity (Wildman–Crippen MR) is 118 cm³/mol. The van der Waals surface area contributed by atoms with Crippen molar-refractivity contribution >= 4 is 34.7 Å². The fourth-order valence-electron chi connectivity index (χ4n) is 3.46. The van der Waals surface area contributed by atoms with Crippen LogP contribution in [0.15, 0.2) is 47.4 Å². The van der Waals surface area contributed by atoms with Gasteiger partial charge in [0.15, 0.2) is 0 Å². The molecule has 1 aliphatic rings. The summed E-state index contributed by atoms with van der Waals surface area (Å²) in [6.45, 7) is 1.58. The van der Waals surface area contributed by atoms with Crippen LogP contribution in [-0.2, 0) is 11.0 Å². The maximum Gasteiger partial charge on any atom is 0.416 e. The van der Waals surface area contributed by atoms with Crippen molar-refractivity contribution in [3.8, 4) is 6.07 Å². The number of carbonyl (C=O) groups excluding carboxylic acids is 1. The fourth-order valence-corrected chi connectivity index (χ4v) is 4.13. The molecule has 2 aromatic carbocycles. The Morgan fingerprint density at radius 2 is 1.88 bits per heavy atom. The largest absolute Gasteiger partial charge is 0.416 e. The SMILES string of the molecule is N#CCSc1ccccc1NC(=O)CN1CCN(c2ccc(C(F)(F)F)cc2[N+](=O)[O-])CC1. The number of nitriles is 1. The highest BCUT2D eigenvalue weighted by Gasteiger charge is 2.34. The van der Waals surface area contributed by atoms with Gasteiger partial charge < -0.3 is 10.2 Å². The highest BCUT2D eigenvalue weighted by atomic mass is 32.2. The van der Waals surface area contributed by atoms with E-state index in [1.165, 1.54) is 11.8 Å². The van der Waals surface area contributed by atoms with E-state index in [-0.39, 0.29) is 23.9 Å². The van der Waals surface area contributed by atoms with Crippen molar-refractivity contribution in [2.75, 3.05) is 48.7 Å². The van der Waals surface area contributed by atoms with Crippen LogP contribution in [-0.4, -0.2) is 54.2 Å². The molecule has 0 radical (unpaired) electrons. The van der Waals surface area contributed by atoms with E-state index in [0.717, 1.165) is 17.0 Å². The lowest BCUT2D eigenvalue weighted by Gasteiger charge is -2.35. The Morgan fingerprint density at radius 1 is 1.18 bits per heavy atom. The first-order valence-corrected chi connectivity index (χ1v) is 10.9. The summed E-state index contributed by atoms with van der Waals surface area (Å²) in [4.78, 5) is 27.3. The number of para-hydroxylation sites is 1. The van der Waals surface area contributed by atoms with Crippen LogP contribution in [0, 0.1) is 21.4 Å². The molecule has 0 atom stereocenters. The normalized spacial score (nSPS) is 14.5. The Balaban J connectivity index is 1.60. The Hall–Kier alpha value is -3.30. The first-order valence-electron chi connectivity index (χ1n) is 9.90. The van der Waals surface area contributed by atoms with E-state index in [1.54, 1.807) is 17.0 Å². The number of nitro benzene ring substituents is 1. The number of nitro groups is 1. The molecule has 0 saturated carbocycles. The Morgan fingerprint density at radius 3 is 2.52 bits per heavy atom. The minimum atomic E-state index is -4.67. The topological polar surface area (TPSA) is 103 Å². The average molecular weight is 479 g/mol. The van der Waals surface area contributed by atoms with Gasteiger partial charge in [-0.05, 0) is 24.3 Å². The molecule has 2 aromatic rings. The number of amides is 1. The van der Waals surface area contributed by atoms with Gasteiger partial charge >= 0.3 is 6.18 Å². The quantitative estimate of drug-likeness (QED) is 0.364. The van der Waals surface area contributed by atoms with E-state index in [9.17, 15) is 28.1 Å². The first kappa shape index (κ1) is 24.3. The smallest absolute Gasteiger partial charge is 0.363 e. The number of hydrogen-bond donors (Lipinski definition) is 1. The van der Waals surface area contributed by atoms with Crippen molar-refractivity contribution in [1.29, 1.82) is 5.26 Å². The molecule has 1 saturated heterocycles. The molecule has 1 amide bonds. The molecule has 174 valence electrons. The summed E-state index contributed by atoms with van der Waals surface area (Å²) >= 11 is 1.32. The lowest BCUT2D eigenvalue weighted by molar-refractivity contribution is -0.384. The molecule has 0 aliphatic carbocycles. The van der Waals surface area contributed by atoms with E-state index < -0.39 is 22.4 Å². The Kier molecular flexibility index (Phi) is 7.78. The summed E-state index contributed by atoms with van der Waals surface area (Å²) in [5, 5.41) is 22.9. The van der Waals surface area contributed by atoms with Crippen molar-refractivity contribution in [3.05, 3.63) is 58.1 Å². The molecule has 0 unspecified atom stereocenters. The molecule has 3 rings (SSSR count). The third-order valence-corrected chi connectivity index (χ3v) is 5.97. The van der Waals surface area contributed by atoms with Crippen LogP contribution in [0.4, 0.5) is 30.2 Å². The number of hydrogen-bond acceptors (Lipinski definition) is 7. The zero-order valence-corrected chi connectivity index (χ0v) is 18.2. The van der Waals surface area contributed by atoms with E-state index in [2.05, 4.69) is 5.32 Å². The van der Waals surface area contributed by atoms with Crippen LogP contribution in [0.25, 0.3) is 0 Å². The van der Waals surface area contributed by atoms with E-state index >= 15 is 0 Å². The summed E-state index contributed by atoms with van der Waals surface area (Å²) in [5.74, 6) is 0.0132. The van der Waals surface area contributed by atoms with Crippen molar-refractivity contribution in [2.24, 2.45) is 0 Å². The van der Waals surface area contributed by atoms with E-state index in [4.69, 9.17) is 5.26 Å². The molecule has 0 aromatic heterocycles. The number of piperazine rings is 1. The van der Waals surface area contributed by atoms with Crippen molar-refractivity contribution in [3.63, 3.8) is 0 Å². The van der Waals surface area contributed by atoms with Crippen LogP contribution in [0.3, 0.4) is 0 Å². The number of anilines is 2. The molecule has 0 bridgehead atoms. The molecule has 8 nitrogen and oxygen atoms in total. The Labute approximate surface area is 192 Å². The van der Waals surface area contributed by atoms with E-state index in [0.29, 0.717) is 37.9 Å². The molecule has 1 N–H and O–H groups in total. The van der Waals surface area contributed by atoms with Crippen LogP contribution < -0.4 is 10.2 Å². The highest BCUT2D eigenvalue weighted by Crippen LogP contribution is 2.36. The number of rotatable bonds is 7. The number of halogens is 3. The van der Waals surface area contributed by atoms with E-state index in [1.807, 2.05) is 23.1 Å². The molecule has 1 fully saturated rings. The minimum Gasteiger partial charge on any atom is -0.363 e. The van der Waals surface area contributed by atoms with Gasteiger partial charge in [0.25, 0.3) is 5.69 Å². The number of thioether (sulfide) groups is 1. The molecular formula is C21H20F3N5O3S. The van der Waals surface area contributed by atoms with Crippen LogP contribution in [0.2, 0.25) is 0 Å². The second-order valence-corrected chi connectivity index (χ2v) is 8.23. The van der Waals surface area contributed by atoms with Gasteiger partial charge in [-0.15, -0.1) is 11.8 Å². The third-order valence-electron chi connectivity index (χ3n) is 5.03. The van der Waals surface area contributed by atoms with Crippen LogP contribution in [0.5, 0.6) is 0 Å². The molecule has 33 heavy (non-hydrogen) atoms. The van der Waals surface area contributed by atoms with Crippen LogP contribution >= 0.6 is 11.8 Å². The molecule has 1 aliphatic heterocycles. The molecular weight excluding hydrogens is 459 g/mol. The monoisotopic (exact) mass is 479 g/mol. The first-order chi connectivity index (χ1) is 15.7. The van der Waals surface area contributed by atoms with Gasteiger partial charge in [0.1, 0.15) is 5.69 Å². The number of alkyl halides is 3. The van der Waals surface area contributed by atoms with Gasteiger partial charge in [0, 0.05) is 37.1 Å². The van der Waals surface area contributed by atoms with Crippen molar-refractivity contribution in [1.82, 2.24) is 4.90 Å². The fraction of sp³-hybridized carbons (Fsp3) is 0.333. The van der Waals surface area contributed by atoms with Gasteiger partial charge in [-0.1, -0.05) is 12.1 Å². The minimum absolute atomic E-state index is 0.0974. The average Bonchev–Trinajstić information content (AvgIpc) is 2.78. The van der Waals surface area contributed by atoms with Gasteiger partial charge in [-0.25, -0.2) is 0 Å². The summed E-state index contributed by atoms with van der Waals surface area (Å²) in [6.07, 6.45) is -4.67. The zero-order chi connectivity index (χ0) is 24.0. The van der Waals surface area contributed by atoms with Gasteiger partial charge in [-0.3, -0.25) is 19.8 Å². The molecule has 0 spiro atoms. The van der Waals surface area contributed by atoms with Crippen molar-refractivity contribution in [2.45, 2.75) is 11.1 Å². The number of nitrogens with one attached hydrogen (secondary N) is 1. The maximum absolute atomic E-state index is 12.9. The van der Waals surface area contributed by atoms with Crippen molar-refractivity contribution < 1.29 is 22.9 Å².